The van der Waals surface area contributed by atoms with Crippen molar-refractivity contribution in [1.29, 1.82) is 0 Å². The molecule has 2 rings (SSSR count). The molecule has 2 N–H and O–H groups in total. The highest BCUT2D eigenvalue weighted by Gasteiger charge is 2.20. The van der Waals surface area contributed by atoms with Gasteiger partial charge in [0.15, 0.2) is 0 Å². The van der Waals surface area contributed by atoms with Gasteiger partial charge in [0.1, 0.15) is 0 Å². The average molecular weight is 313 g/mol. The van der Waals surface area contributed by atoms with E-state index in [0.29, 0.717) is 12.6 Å². The summed E-state index contributed by atoms with van der Waals surface area (Å²) < 4.78 is 5.49. The van der Waals surface area contributed by atoms with E-state index in [1.165, 1.54) is 5.56 Å². The van der Waals surface area contributed by atoms with Gasteiger partial charge in [-0.1, -0.05) is 30.7 Å². The molecule has 1 fully saturated rings. The molecule has 2 unspecified atom stereocenters. The van der Waals surface area contributed by atoms with Crippen molar-refractivity contribution in [2.45, 2.75) is 25.5 Å². The lowest BCUT2D eigenvalue weighted by molar-refractivity contribution is -0.0533. The predicted molar refractivity (Wildman–Crippen MR) is 85.8 cm³/mol. The second-order valence-electron chi connectivity index (χ2n) is 5.43. The van der Waals surface area contributed by atoms with Crippen molar-refractivity contribution in [2.24, 2.45) is 0 Å². The molecule has 0 spiro atoms. The van der Waals surface area contributed by atoms with E-state index in [4.69, 9.17) is 16.3 Å². The number of aliphatic hydroxyl groups excluding tert-OH is 1. The third kappa shape index (κ3) is 5.24. The molecular weight excluding hydrogens is 288 g/mol. The summed E-state index contributed by atoms with van der Waals surface area (Å²) in [5, 5.41) is 13.5. The Balaban J connectivity index is 1.91. The molecule has 2 atom stereocenters. The third-order valence-electron chi connectivity index (χ3n) is 3.86. The molecular formula is C16H25ClN2O2. The topological polar surface area (TPSA) is 44.7 Å². The minimum absolute atomic E-state index is 0.0393. The summed E-state index contributed by atoms with van der Waals surface area (Å²) >= 11 is 6.09. The number of aliphatic hydroxyl groups is 1. The Hall–Kier alpha value is -0.650. The zero-order valence-electron chi connectivity index (χ0n) is 12.6. The number of halogens is 1. The van der Waals surface area contributed by atoms with Crippen LogP contribution in [-0.2, 0) is 4.74 Å². The molecule has 0 aliphatic carbocycles. The SMILES string of the molecule is CCNC(CCN1CCOC(CO)C1)c1cccc(Cl)c1. The van der Waals surface area contributed by atoms with Gasteiger partial charge in [0.2, 0.25) is 0 Å². The first-order chi connectivity index (χ1) is 10.2. The van der Waals surface area contributed by atoms with E-state index in [2.05, 4.69) is 23.2 Å². The van der Waals surface area contributed by atoms with Crippen molar-refractivity contribution in [3.63, 3.8) is 0 Å². The van der Waals surface area contributed by atoms with Crippen LogP contribution in [0, 0.1) is 0 Å². The predicted octanol–water partition coefficient (Wildman–Crippen LogP) is 2.07. The van der Waals surface area contributed by atoms with Crippen molar-refractivity contribution < 1.29 is 9.84 Å². The van der Waals surface area contributed by atoms with Gasteiger partial charge in [0, 0.05) is 30.7 Å². The van der Waals surface area contributed by atoms with E-state index < -0.39 is 0 Å². The molecule has 118 valence electrons. The molecule has 0 radical (unpaired) electrons. The van der Waals surface area contributed by atoms with Crippen molar-refractivity contribution >= 4 is 11.6 Å². The molecule has 1 aromatic carbocycles. The zero-order chi connectivity index (χ0) is 15.1. The lowest BCUT2D eigenvalue weighted by Crippen LogP contribution is -2.44. The minimum atomic E-state index is -0.0393. The first kappa shape index (κ1) is 16.7. The number of hydrogen-bond acceptors (Lipinski definition) is 4. The van der Waals surface area contributed by atoms with Crippen LogP contribution in [-0.4, -0.2) is 55.5 Å². The number of nitrogens with one attached hydrogen (secondary N) is 1. The summed E-state index contributed by atoms with van der Waals surface area (Å²) in [6.07, 6.45) is 0.981. The van der Waals surface area contributed by atoms with E-state index in [9.17, 15) is 5.11 Å². The Morgan fingerprint density at radius 3 is 3.10 bits per heavy atom. The molecule has 5 heteroatoms. The number of hydrogen-bond donors (Lipinski definition) is 2. The fraction of sp³-hybridized carbons (Fsp3) is 0.625. The van der Waals surface area contributed by atoms with Gasteiger partial charge in [-0.25, -0.2) is 0 Å². The molecule has 0 amide bonds. The highest BCUT2D eigenvalue weighted by atomic mass is 35.5. The zero-order valence-corrected chi connectivity index (χ0v) is 13.4. The van der Waals surface area contributed by atoms with Crippen LogP contribution in [0.3, 0.4) is 0 Å². The maximum absolute atomic E-state index is 9.20. The molecule has 21 heavy (non-hydrogen) atoms. The van der Waals surface area contributed by atoms with Gasteiger partial charge >= 0.3 is 0 Å². The van der Waals surface area contributed by atoms with E-state index in [-0.39, 0.29) is 12.7 Å². The molecule has 0 bridgehead atoms. The maximum Gasteiger partial charge on any atom is 0.0932 e. The Morgan fingerprint density at radius 1 is 1.52 bits per heavy atom. The molecule has 0 aromatic heterocycles. The first-order valence-corrected chi connectivity index (χ1v) is 8.04. The maximum atomic E-state index is 9.20. The average Bonchev–Trinajstić information content (AvgIpc) is 2.51. The number of ether oxygens (including phenoxy) is 1. The molecule has 0 saturated carbocycles. The molecule has 1 aliphatic rings. The highest BCUT2D eigenvalue weighted by Crippen LogP contribution is 2.21. The van der Waals surface area contributed by atoms with E-state index >= 15 is 0 Å². The second kappa shape index (κ2) is 8.71. The van der Waals surface area contributed by atoms with E-state index in [1.54, 1.807) is 0 Å². The van der Waals surface area contributed by atoms with Crippen LogP contribution in [0.4, 0.5) is 0 Å². The van der Waals surface area contributed by atoms with E-state index in [1.807, 2.05) is 18.2 Å². The van der Waals surface area contributed by atoms with Gasteiger partial charge in [-0.05, 0) is 30.7 Å². The van der Waals surface area contributed by atoms with Crippen LogP contribution < -0.4 is 5.32 Å². The molecule has 1 aromatic rings. The summed E-state index contributed by atoms with van der Waals surface area (Å²) in [6, 6.07) is 8.37. The normalized spacial score (nSPS) is 21.4. The van der Waals surface area contributed by atoms with Crippen LogP contribution in [0.25, 0.3) is 0 Å². The fourth-order valence-corrected chi connectivity index (χ4v) is 2.96. The van der Waals surface area contributed by atoms with Crippen molar-refractivity contribution in [3.8, 4) is 0 Å². The fourth-order valence-electron chi connectivity index (χ4n) is 2.76. The smallest absolute Gasteiger partial charge is 0.0932 e. The second-order valence-corrected chi connectivity index (χ2v) is 5.87. The van der Waals surface area contributed by atoms with Crippen LogP contribution in [0.1, 0.15) is 24.9 Å². The van der Waals surface area contributed by atoms with Gasteiger partial charge < -0.3 is 15.2 Å². The first-order valence-electron chi connectivity index (χ1n) is 7.66. The monoisotopic (exact) mass is 312 g/mol. The molecule has 1 saturated heterocycles. The van der Waals surface area contributed by atoms with Crippen LogP contribution >= 0.6 is 11.6 Å². The lowest BCUT2D eigenvalue weighted by atomic mass is 10.0. The van der Waals surface area contributed by atoms with Crippen molar-refractivity contribution in [3.05, 3.63) is 34.9 Å². The summed E-state index contributed by atoms with van der Waals surface area (Å²) in [4.78, 5) is 2.36. The summed E-state index contributed by atoms with van der Waals surface area (Å²) in [5.41, 5.74) is 1.23. The number of nitrogens with zero attached hydrogens (tertiary/aromatic N) is 1. The Kier molecular flexibility index (Phi) is 6.93. The van der Waals surface area contributed by atoms with Gasteiger partial charge in [0.25, 0.3) is 0 Å². The number of benzene rings is 1. The number of rotatable bonds is 7. The Morgan fingerprint density at radius 2 is 2.38 bits per heavy atom. The summed E-state index contributed by atoms with van der Waals surface area (Å²) in [6.45, 7) is 6.59. The van der Waals surface area contributed by atoms with Gasteiger partial charge in [0.05, 0.1) is 19.3 Å². The molecule has 1 aliphatic heterocycles. The lowest BCUT2D eigenvalue weighted by Gasteiger charge is -2.33. The van der Waals surface area contributed by atoms with Crippen LogP contribution in [0.15, 0.2) is 24.3 Å². The standard InChI is InChI=1S/C16H25ClN2O2/c1-2-18-16(13-4-3-5-14(17)10-13)6-7-19-8-9-21-15(11-19)12-20/h3-5,10,15-16,18,20H,2,6-9,11-12H2,1H3. The minimum Gasteiger partial charge on any atom is -0.394 e. The van der Waals surface area contributed by atoms with Crippen molar-refractivity contribution in [2.75, 3.05) is 39.4 Å². The summed E-state index contributed by atoms with van der Waals surface area (Å²) in [5.74, 6) is 0. The van der Waals surface area contributed by atoms with Gasteiger partial charge in [-0.15, -0.1) is 0 Å². The Bertz CT molecular complexity index is 430. The van der Waals surface area contributed by atoms with Gasteiger partial charge in [-0.3, -0.25) is 4.90 Å². The van der Waals surface area contributed by atoms with Crippen LogP contribution in [0.5, 0.6) is 0 Å². The van der Waals surface area contributed by atoms with Gasteiger partial charge in [-0.2, -0.15) is 0 Å². The summed E-state index contributed by atoms with van der Waals surface area (Å²) in [7, 11) is 0. The quantitative estimate of drug-likeness (QED) is 0.809. The van der Waals surface area contributed by atoms with Crippen molar-refractivity contribution in [1.82, 2.24) is 10.2 Å². The Labute approximate surface area is 132 Å². The number of morpholine rings is 1. The molecule has 1 heterocycles. The third-order valence-corrected chi connectivity index (χ3v) is 4.10. The molecule has 4 nitrogen and oxygen atoms in total. The largest absolute Gasteiger partial charge is 0.394 e. The van der Waals surface area contributed by atoms with E-state index in [0.717, 1.165) is 37.6 Å². The highest BCUT2D eigenvalue weighted by molar-refractivity contribution is 6.30. The van der Waals surface area contributed by atoms with Crippen LogP contribution in [0.2, 0.25) is 5.02 Å².